The van der Waals surface area contributed by atoms with E-state index in [1.54, 1.807) is 0 Å². The molecule has 1 rings (SSSR count). The number of hydrogen-bond donors (Lipinski definition) is 0. The largest absolute Gasteiger partial charge is 0.325 e. The van der Waals surface area contributed by atoms with E-state index >= 15 is 0 Å². The molecule has 1 aromatic heterocycles. The van der Waals surface area contributed by atoms with E-state index < -0.39 is 0 Å². The SMILES string of the molecule is CCN(CC)C(=O)N(CC)Cc1cccc(C)n1. The van der Waals surface area contributed by atoms with E-state index in [2.05, 4.69) is 4.98 Å². The Labute approximate surface area is 110 Å². The first-order valence-corrected chi connectivity index (χ1v) is 6.58. The molecule has 0 atom stereocenters. The summed E-state index contributed by atoms with van der Waals surface area (Å²) in [5.41, 5.74) is 1.93. The zero-order chi connectivity index (χ0) is 13.5. The van der Waals surface area contributed by atoms with Gasteiger partial charge in [-0.05, 0) is 39.8 Å². The van der Waals surface area contributed by atoms with E-state index in [-0.39, 0.29) is 6.03 Å². The molecule has 0 bridgehead atoms. The number of carbonyl (C=O) groups is 1. The monoisotopic (exact) mass is 249 g/mol. The van der Waals surface area contributed by atoms with E-state index in [4.69, 9.17) is 0 Å². The minimum absolute atomic E-state index is 0.0887. The van der Waals surface area contributed by atoms with Gasteiger partial charge in [-0.15, -0.1) is 0 Å². The van der Waals surface area contributed by atoms with Crippen molar-refractivity contribution >= 4 is 6.03 Å². The van der Waals surface area contributed by atoms with E-state index in [1.165, 1.54) is 0 Å². The Kier molecular flexibility index (Phi) is 5.62. The van der Waals surface area contributed by atoms with Crippen molar-refractivity contribution in [1.29, 1.82) is 0 Å². The molecule has 0 aliphatic rings. The Morgan fingerprint density at radius 2 is 1.72 bits per heavy atom. The third-order valence-corrected chi connectivity index (χ3v) is 2.99. The molecular weight excluding hydrogens is 226 g/mol. The number of amides is 2. The van der Waals surface area contributed by atoms with Gasteiger partial charge in [0.1, 0.15) is 0 Å². The maximum atomic E-state index is 12.2. The molecular formula is C14H23N3O. The molecule has 0 radical (unpaired) electrons. The van der Waals surface area contributed by atoms with Crippen molar-refractivity contribution in [2.24, 2.45) is 0 Å². The Morgan fingerprint density at radius 1 is 1.11 bits per heavy atom. The molecule has 18 heavy (non-hydrogen) atoms. The van der Waals surface area contributed by atoms with Gasteiger partial charge >= 0.3 is 6.03 Å². The summed E-state index contributed by atoms with van der Waals surface area (Å²) in [5.74, 6) is 0. The van der Waals surface area contributed by atoms with Crippen LogP contribution >= 0.6 is 0 Å². The van der Waals surface area contributed by atoms with Crippen molar-refractivity contribution in [2.45, 2.75) is 34.2 Å². The maximum absolute atomic E-state index is 12.2. The average molecular weight is 249 g/mol. The molecule has 0 saturated heterocycles. The Balaban J connectivity index is 2.75. The molecule has 4 heteroatoms. The van der Waals surface area contributed by atoms with E-state index in [0.29, 0.717) is 13.1 Å². The lowest BCUT2D eigenvalue weighted by Crippen LogP contribution is -2.42. The van der Waals surface area contributed by atoms with Gasteiger partial charge < -0.3 is 9.80 Å². The molecule has 0 saturated carbocycles. The van der Waals surface area contributed by atoms with Gasteiger partial charge in [-0.25, -0.2) is 4.79 Å². The number of nitrogens with zero attached hydrogens (tertiary/aromatic N) is 3. The van der Waals surface area contributed by atoms with Crippen LogP contribution in [0.5, 0.6) is 0 Å². The van der Waals surface area contributed by atoms with Crippen LogP contribution in [0.3, 0.4) is 0 Å². The fourth-order valence-electron chi connectivity index (χ4n) is 1.89. The minimum atomic E-state index is 0.0887. The average Bonchev–Trinajstić information content (AvgIpc) is 2.37. The van der Waals surface area contributed by atoms with Crippen LogP contribution in [0.25, 0.3) is 0 Å². The van der Waals surface area contributed by atoms with Crippen molar-refractivity contribution in [3.05, 3.63) is 29.6 Å². The smallest absolute Gasteiger partial charge is 0.320 e. The molecule has 0 N–H and O–H groups in total. The van der Waals surface area contributed by atoms with Gasteiger partial charge in [0.2, 0.25) is 0 Å². The summed E-state index contributed by atoms with van der Waals surface area (Å²) in [4.78, 5) is 20.4. The Bertz CT molecular complexity index is 388. The van der Waals surface area contributed by atoms with Gasteiger partial charge in [0.25, 0.3) is 0 Å². The molecule has 1 aromatic rings. The second-order valence-corrected chi connectivity index (χ2v) is 4.24. The fraction of sp³-hybridized carbons (Fsp3) is 0.571. The predicted octanol–water partition coefficient (Wildman–Crippen LogP) is 2.67. The van der Waals surface area contributed by atoms with Crippen molar-refractivity contribution < 1.29 is 4.79 Å². The summed E-state index contributed by atoms with van der Waals surface area (Å²) in [5, 5.41) is 0. The highest BCUT2D eigenvalue weighted by atomic mass is 16.2. The van der Waals surface area contributed by atoms with E-state index in [9.17, 15) is 4.79 Å². The van der Waals surface area contributed by atoms with Gasteiger partial charge in [0.05, 0.1) is 12.2 Å². The quantitative estimate of drug-likeness (QED) is 0.804. The molecule has 0 fully saturated rings. The van der Waals surface area contributed by atoms with Crippen LogP contribution in [-0.2, 0) is 6.54 Å². The minimum Gasteiger partial charge on any atom is -0.325 e. The summed E-state index contributed by atoms with van der Waals surface area (Å²) < 4.78 is 0. The van der Waals surface area contributed by atoms with E-state index in [0.717, 1.165) is 24.5 Å². The number of pyridine rings is 1. The highest BCUT2D eigenvalue weighted by molar-refractivity contribution is 5.74. The number of aryl methyl sites for hydroxylation is 1. The second kappa shape index (κ2) is 6.99. The van der Waals surface area contributed by atoms with Crippen LogP contribution in [0.1, 0.15) is 32.2 Å². The number of aromatic nitrogens is 1. The van der Waals surface area contributed by atoms with Crippen LogP contribution < -0.4 is 0 Å². The van der Waals surface area contributed by atoms with Crippen molar-refractivity contribution in [3.8, 4) is 0 Å². The first kappa shape index (κ1) is 14.5. The first-order valence-electron chi connectivity index (χ1n) is 6.58. The molecule has 4 nitrogen and oxygen atoms in total. The molecule has 0 unspecified atom stereocenters. The predicted molar refractivity (Wildman–Crippen MR) is 73.4 cm³/mol. The normalized spacial score (nSPS) is 10.2. The third-order valence-electron chi connectivity index (χ3n) is 2.99. The molecule has 0 aliphatic carbocycles. The molecule has 0 aromatic carbocycles. The topological polar surface area (TPSA) is 36.4 Å². The van der Waals surface area contributed by atoms with Gasteiger partial charge in [-0.1, -0.05) is 6.07 Å². The van der Waals surface area contributed by atoms with Crippen LogP contribution in [0.2, 0.25) is 0 Å². The van der Waals surface area contributed by atoms with Crippen molar-refractivity contribution in [1.82, 2.24) is 14.8 Å². The molecule has 100 valence electrons. The second-order valence-electron chi connectivity index (χ2n) is 4.24. The number of urea groups is 1. The zero-order valence-electron chi connectivity index (χ0n) is 11.8. The number of hydrogen-bond acceptors (Lipinski definition) is 2. The van der Waals surface area contributed by atoms with Crippen LogP contribution in [-0.4, -0.2) is 40.4 Å². The van der Waals surface area contributed by atoms with E-state index in [1.807, 2.05) is 55.7 Å². The maximum Gasteiger partial charge on any atom is 0.320 e. The summed E-state index contributed by atoms with van der Waals surface area (Å²) in [7, 11) is 0. The van der Waals surface area contributed by atoms with Crippen molar-refractivity contribution in [2.75, 3.05) is 19.6 Å². The molecule has 0 aliphatic heterocycles. The highest BCUT2D eigenvalue weighted by Gasteiger charge is 2.17. The van der Waals surface area contributed by atoms with Gasteiger partial charge in [0, 0.05) is 25.3 Å². The third kappa shape index (κ3) is 3.72. The Hall–Kier alpha value is -1.58. The van der Waals surface area contributed by atoms with Gasteiger partial charge in [-0.3, -0.25) is 4.98 Å². The van der Waals surface area contributed by atoms with Crippen LogP contribution in [0, 0.1) is 6.92 Å². The summed E-state index contributed by atoms with van der Waals surface area (Å²) in [6.07, 6.45) is 0. The molecule has 1 heterocycles. The summed E-state index contributed by atoms with van der Waals surface area (Å²) >= 11 is 0. The summed E-state index contributed by atoms with van der Waals surface area (Å²) in [6, 6.07) is 6.00. The van der Waals surface area contributed by atoms with Crippen molar-refractivity contribution in [3.63, 3.8) is 0 Å². The first-order chi connectivity index (χ1) is 8.62. The van der Waals surface area contributed by atoms with Crippen LogP contribution in [0.15, 0.2) is 18.2 Å². The lowest BCUT2D eigenvalue weighted by Gasteiger charge is -2.28. The zero-order valence-corrected chi connectivity index (χ0v) is 11.8. The van der Waals surface area contributed by atoms with Crippen LogP contribution in [0.4, 0.5) is 4.79 Å². The van der Waals surface area contributed by atoms with Gasteiger partial charge in [-0.2, -0.15) is 0 Å². The standard InChI is InChI=1S/C14H23N3O/c1-5-16(6-2)14(18)17(7-3)11-13-10-8-9-12(4)15-13/h8-10H,5-7,11H2,1-4H3. The molecule has 0 spiro atoms. The fourth-order valence-corrected chi connectivity index (χ4v) is 1.89. The lowest BCUT2D eigenvalue weighted by atomic mass is 10.3. The molecule has 2 amide bonds. The van der Waals surface area contributed by atoms with Gasteiger partial charge in [0.15, 0.2) is 0 Å². The Morgan fingerprint density at radius 3 is 2.22 bits per heavy atom. The summed E-state index contributed by atoms with van der Waals surface area (Å²) in [6.45, 7) is 10.7. The number of rotatable bonds is 5. The lowest BCUT2D eigenvalue weighted by molar-refractivity contribution is 0.156. The highest BCUT2D eigenvalue weighted by Crippen LogP contribution is 2.06. The number of carbonyl (C=O) groups excluding carboxylic acids is 1.